The summed E-state index contributed by atoms with van der Waals surface area (Å²) in [5.74, 6) is 0. The largest absolute Gasteiger partial charge is 4.00 e. The van der Waals surface area contributed by atoms with E-state index in [0.29, 0.717) is 0 Å². The van der Waals surface area contributed by atoms with E-state index in [9.17, 15) is 0 Å². The van der Waals surface area contributed by atoms with Crippen molar-refractivity contribution in [2.24, 2.45) is 0 Å². The van der Waals surface area contributed by atoms with Gasteiger partial charge in [0.25, 0.3) is 0 Å². The Balaban J connectivity index is 0.000000264. The molecule has 0 heterocycles. The second-order valence-electron chi connectivity index (χ2n) is 9.35. The molecule has 0 amide bonds. The molecule has 34 heavy (non-hydrogen) atoms. The van der Waals surface area contributed by atoms with Crippen LogP contribution in [0.2, 0.25) is 11.1 Å². The molecule has 0 spiro atoms. The second-order valence-corrected chi connectivity index (χ2v) is 11.6. The maximum atomic E-state index is 3.30. The summed E-state index contributed by atoms with van der Waals surface area (Å²) in [5, 5.41) is 0. The predicted molar refractivity (Wildman–Crippen MR) is 136 cm³/mol. The average molecular weight is 588 g/mol. The first-order valence-corrected chi connectivity index (χ1v) is 13.8. The van der Waals surface area contributed by atoms with Crippen LogP contribution in [-0.2, 0) is 32.6 Å². The van der Waals surface area contributed by atoms with Gasteiger partial charge in [0, 0.05) is 9.52 Å². The van der Waals surface area contributed by atoms with E-state index in [1.54, 1.807) is 51.4 Å². The minimum atomic E-state index is 0. The molecular formula is C30H37Cl2SiZr. The van der Waals surface area contributed by atoms with Crippen LogP contribution in [0.4, 0.5) is 0 Å². The average Bonchev–Trinajstić information content (AvgIpc) is 3.53. The van der Waals surface area contributed by atoms with Crippen LogP contribution in [0.1, 0.15) is 75.3 Å². The van der Waals surface area contributed by atoms with E-state index < -0.39 is 0 Å². The van der Waals surface area contributed by atoms with Crippen molar-refractivity contribution >= 4 is 9.52 Å². The molecule has 3 aliphatic carbocycles. The third kappa shape index (κ3) is 9.85. The monoisotopic (exact) mass is 585 g/mol. The standard InChI is InChI=1S/C13H9.C12H23Si.C5H5.2ClH.Zr/c1-3-7-12-10(5-1)9-11-6-2-4-8-13(11)12;1-3-7-11(8-4-1)13-12-9-5-2-6-10-12;1-2-4-5-3-1;;;/h1-5,7-8H,9H2;11-13H,1-10H2;1-5H;2*1H;/q-1;;-1;;;+4/p-2. The van der Waals surface area contributed by atoms with E-state index in [-0.39, 0.29) is 51.0 Å². The molecule has 3 aromatic rings. The van der Waals surface area contributed by atoms with Crippen molar-refractivity contribution in [2.75, 3.05) is 0 Å². The maximum Gasteiger partial charge on any atom is 4.00 e. The Hall–Kier alpha value is -0.530. The quantitative estimate of drug-likeness (QED) is 0.250. The van der Waals surface area contributed by atoms with Crippen molar-refractivity contribution < 1.29 is 51.0 Å². The van der Waals surface area contributed by atoms with Gasteiger partial charge in [-0.25, -0.2) is 12.1 Å². The molecule has 6 rings (SSSR count). The Morgan fingerprint density at radius 2 is 1.24 bits per heavy atom. The molecule has 0 bridgehead atoms. The molecule has 0 aromatic heterocycles. The van der Waals surface area contributed by atoms with Gasteiger partial charge >= 0.3 is 26.2 Å². The fourth-order valence-corrected chi connectivity index (χ4v) is 7.84. The number of benzene rings is 2. The molecule has 4 heteroatoms. The summed E-state index contributed by atoms with van der Waals surface area (Å²) >= 11 is 0. The molecule has 0 nitrogen and oxygen atoms in total. The van der Waals surface area contributed by atoms with Crippen LogP contribution in [-0.4, -0.2) is 9.52 Å². The molecule has 3 aromatic carbocycles. The van der Waals surface area contributed by atoms with E-state index in [4.69, 9.17) is 0 Å². The fraction of sp³-hybridized carbons (Fsp3) is 0.433. The molecule has 0 N–H and O–H groups in total. The van der Waals surface area contributed by atoms with Gasteiger partial charge in [-0.1, -0.05) is 99.6 Å². The summed E-state index contributed by atoms with van der Waals surface area (Å²) in [5.41, 5.74) is 7.92. The van der Waals surface area contributed by atoms with Crippen molar-refractivity contribution in [3.63, 3.8) is 0 Å². The first-order chi connectivity index (χ1) is 15.4. The molecule has 2 saturated carbocycles. The van der Waals surface area contributed by atoms with E-state index in [2.05, 4.69) is 42.5 Å². The Morgan fingerprint density at radius 3 is 1.79 bits per heavy atom. The summed E-state index contributed by atoms with van der Waals surface area (Å²) in [7, 11) is 0.825. The van der Waals surface area contributed by atoms with Gasteiger partial charge in [-0.3, -0.25) is 0 Å². The number of hydrogen-bond acceptors (Lipinski definition) is 0. The molecule has 3 aliphatic rings. The Morgan fingerprint density at radius 1 is 0.676 bits per heavy atom. The second kappa shape index (κ2) is 17.8. The molecule has 179 valence electrons. The molecular weight excluding hydrogens is 551 g/mol. The minimum Gasteiger partial charge on any atom is -1.00 e. The molecule has 0 aliphatic heterocycles. The molecule has 0 atom stereocenters. The van der Waals surface area contributed by atoms with Gasteiger partial charge in [0.15, 0.2) is 0 Å². The molecule has 1 radical (unpaired) electrons. The normalized spacial score (nSPS) is 16.5. The van der Waals surface area contributed by atoms with Crippen LogP contribution in [0, 0.1) is 6.07 Å². The zero-order valence-corrected chi connectivity index (χ0v) is 25.3. The van der Waals surface area contributed by atoms with E-state index in [1.165, 1.54) is 46.2 Å². The number of halogens is 2. The summed E-state index contributed by atoms with van der Waals surface area (Å²) in [6.45, 7) is 0. The number of hydrogen-bond donors (Lipinski definition) is 0. The summed E-state index contributed by atoms with van der Waals surface area (Å²) in [6.07, 6.45) is 16.6. The topological polar surface area (TPSA) is 0 Å². The van der Waals surface area contributed by atoms with E-state index >= 15 is 0 Å². The summed E-state index contributed by atoms with van der Waals surface area (Å²) in [4.78, 5) is 0. The molecule has 0 saturated heterocycles. The van der Waals surface area contributed by atoms with E-state index in [1.807, 2.05) is 36.4 Å². The van der Waals surface area contributed by atoms with Gasteiger partial charge in [0.1, 0.15) is 0 Å². The summed E-state index contributed by atoms with van der Waals surface area (Å²) in [6, 6.07) is 28.1. The van der Waals surface area contributed by atoms with Gasteiger partial charge in [-0.2, -0.15) is 48.0 Å². The smallest absolute Gasteiger partial charge is 1.00 e. The first kappa shape index (κ1) is 31.5. The van der Waals surface area contributed by atoms with Crippen molar-refractivity contribution in [3.8, 4) is 11.1 Å². The predicted octanol–water partition coefficient (Wildman–Crippen LogP) is 2.40. The SMILES string of the molecule is C1CCC([SiH]C2CCCCC2)CC1.[Cl-].[Cl-].[Zr+4].[c-]1cccc2c1Cc1ccccc1-2.c1cc[cH-]c1. The summed E-state index contributed by atoms with van der Waals surface area (Å²) < 4.78 is 0. The Labute approximate surface area is 241 Å². The van der Waals surface area contributed by atoms with Crippen LogP contribution < -0.4 is 24.8 Å². The van der Waals surface area contributed by atoms with Crippen LogP contribution in [0.5, 0.6) is 0 Å². The Bertz CT molecular complexity index is 808. The maximum absolute atomic E-state index is 3.30. The third-order valence-electron chi connectivity index (χ3n) is 7.02. The number of rotatable bonds is 2. The van der Waals surface area contributed by atoms with Crippen molar-refractivity contribution in [1.29, 1.82) is 0 Å². The zero-order valence-electron chi connectivity index (χ0n) is 20.2. The number of fused-ring (bicyclic) bond motifs is 3. The van der Waals surface area contributed by atoms with Gasteiger partial charge in [-0.15, -0.1) is 5.56 Å². The van der Waals surface area contributed by atoms with Crippen molar-refractivity contribution in [3.05, 3.63) is 90.0 Å². The third-order valence-corrected chi connectivity index (χ3v) is 9.44. The van der Waals surface area contributed by atoms with Gasteiger partial charge in [0.2, 0.25) is 0 Å². The first-order valence-electron chi connectivity index (χ1n) is 12.5. The van der Waals surface area contributed by atoms with Gasteiger partial charge in [-0.05, 0) is 17.5 Å². The minimum absolute atomic E-state index is 0. The fourth-order valence-electron chi connectivity index (χ4n) is 5.36. The van der Waals surface area contributed by atoms with Gasteiger partial charge < -0.3 is 24.8 Å². The zero-order chi connectivity index (χ0) is 21.1. The van der Waals surface area contributed by atoms with Crippen molar-refractivity contribution in [2.45, 2.75) is 81.7 Å². The molecule has 2 fully saturated rings. The van der Waals surface area contributed by atoms with Gasteiger partial charge in [0.05, 0.1) is 0 Å². The van der Waals surface area contributed by atoms with Crippen molar-refractivity contribution in [1.82, 2.24) is 0 Å². The Kier molecular flexibility index (Phi) is 16.5. The van der Waals surface area contributed by atoms with Crippen LogP contribution in [0.25, 0.3) is 11.1 Å². The molecule has 0 unspecified atom stereocenters. The van der Waals surface area contributed by atoms with Crippen LogP contribution >= 0.6 is 0 Å². The van der Waals surface area contributed by atoms with Crippen LogP contribution in [0.3, 0.4) is 0 Å². The van der Waals surface area contributed by atoms with E-state index in [0.717, 1.165) is 15.9 Å². The van der Waals surface area contributed by atoms with Crippen LogP contribution in [0.15, 0.2) is 72.8 Å².